The van der Waals surface area contributed by atoms with Crippen LogP contribution in [0.15, 0.2) is 243 Å². The van der Waals surface area contributed by atoms with Crippen LogP contribution < -0.4 is 0 Å². The van der Waals surface area contributed by atoms with Crippen molar-refractivity contribution in [1.29, 1.82) is 0 Å². The molecule has 0 spiro atoms. The lowest BCUT2D eigenvalue weighted by Gasteiger charge is -2.30. The van der Waals surface area contributed by atoms with Crippen LogP contribution >= 0.6 is 0 Å². The van der Waals surface area contributed by atoms with Gasteiger partial charge >= 0.3 is 23.9 Å². The topological polar surface area (TPSA) is 267 Å². The number of ether oxygens (including phenoxy) is 4. The third-order valence-corrected chi connectivity index (χ3v) is 19.1. The van der Waals surface area contributed by atoms with Gasteiger partial charge in [0, 0.05) is 92.4 Å². The van der Waals surface area contributed by atoms with Gasteiger partial charge in [0.25, 0.3) is 0 Å². The van der Waals surface area contributed by atoms with E-state index in [9.17, 15) is 60.0 Å². The molecule has 13 rings (SSSR count). The van der Waals surface area contributed by atoms with Gasteiger partial charge in [0.2, 0.25) is 0 Å². The second-order valence-electron chi connectivity index (χ2n) is 25.3. The third kappa shape index (κ3) is 13.8. The molecule has 0 fully saturated rings. The summed E-state index contributed by atoms with van der Waals surface area (Å²) in [5, 5.41) is 101. The van der Waals surface area contributed by atoms with Gasteiger partial charge in [0.15, 0.2) is 0 Å². The van der Waals surface area contributed by atoms with E-state index in [1.54, 1.807) is 149 Å². The number of aromatic hydroxyl groups is 8. The summed E-state index contributed by atoms with van der Waals surface area (Å²) >= 11 is 0. The van der Waals surface area contributed by atoms with Crippen LogP contribution in [0.3, 0.4) is 0 Å². The molecule has 16 nitrogen and oxygen atoms in total. The van der Waals surface area contributed by atoms with Gasteiger partial charge in [-0.1, -0.05) is 146 Å². The Morgan fingerprint density at radius 2 is 0.356 bits per heavy atom. The minimum atomic E-state index is -1.17. The van der Waals surface area contributed by atoms with E-state index in [0.29, 0.717) is 44.5 Å². The summed E-state index contributed by atoms with van der Waals surface area (Å²) in [6.45, 7) is 7.71. The van der Waals surface area contributed by atoms with E-state index >= 15 is 0 Å². The van der Waals surface area contributed by atoms with Crippen LogP contribution in [-0.2, 0) is 18.9 Å². The standard InChI is InChI=1S/C88H72O16/c1-5-101-85(97)61-33-17-53(18-34-61)49-9-25-57(26-10-49)81-65-41-67(75(91)45-73(65)89)82(58-27-11-50(12-28-58)54-19-35-62(36-20-54)86(98)102-6-2)69-43-71(79(95)47-77(69)93)84(60-31-15-52(16-32-60)56-23-39-64(40-24-56)88(100)104-8-4)72-44-70(78(94)48-80(72)96)83(68-42-66(81)74(90)46-76(68)92)59-29-13-51(14-30-59)55-21-37-63(38-22-55)87(99)103-7-3/h9-48,81-84,89-96H,5-8H2,1-4H3. The summed E-state index contributed by atoms with van der Waals surface area (Å²) in [6.07, 6.45) is 0. The molecular weight excluding hydrogens is 1310 g/mol. The van der Waals surface area contributed by atoms with Crippen LogP contribution in [0.1, 0.15) is 160 Å². The molecule has 12 aromatic rings. The first kappa shape index (κ1) is 69.4. The predicted molar refractivity (Wildman–Crippen MR) is 394 cm³/mol. The van der Waals surface area contributed by atoms with Crippen molar-refractivity contribution in [1.82, 2.24) is 0 Å². The van der Waals surface area contributed by atoms with Gasteiger partial charge in [-0.25, -0.2) is 19.2 Å². The molecule has 8 N–H and O–H groups in total. The number of benzene rings is 12. The smallest absolute Gasteiger partial charge is 0.338 e. The second kappa shape index (κ2) is 29.6. The lowest BCUT2D eigenvalue weighted by Crippen LogP contribution is -2.13. The summed E-state index contributed by atoms with van der Waals surface area (Å²) in [5.74, 6) is -9.88. The lowest BCUT2D eigenvalue weighted by molar-refractivity contribution is 0.0517. The highest BCUT2D eigenvalue weighted by molar-refractivity contribution is 5.92. The molecule has 520 valence electrons. The third-order valence-electron chi connectivity index (χ3n) is 19.1. The van der Waals surface area contributed by atoms with Crippen LogP contribution in [0.2, 0.25) is 0 Å². The zero-order chi connectivity index (χ0) is 73.0. The molecule has 16 heteroatoms. The lowest BCUT2D eigenvalue weighted by atomic mass is 9.75. The SMILES string of the molecule is CCOC(=O)c1ccc(-c2ccc(C3c4cc(c(O)cc4O)C(c4ccc(-c5ccc(C(=O)OCC)cc5)cc4)c4cc(c(O)cc4O)C(c4ccc(-c5ccc(C(=O)OCC)cc5)cc4)c4cc(c(O)cc4O)C(c4ccc(-c5ccc(C(=O)OCC)cc5)cc4)c4cc3c(O)cc4O)cc2)cc1. The van der Waals surface area contributed by atoms with Crippen molar-refractivity contribution in [2.45, 2.75) is 51.4 Å². The molecule has 12 aromatic carbocycles. The Bertz CT molecular complexity index is 4450. The first-order valence-electron chi connectivity index (χ1n) is 34.1. The Morgan fingerprint density at radius 1 is 0.221 bits per heavy atom. The summed E-state index contributed by atoms with van der Waals surface area (Å²) < 4.78 is 21.0. The maximum Gasteiger partial charge on any atom is 0.338 e. The number of phenols is 8. The fourth-order valence-corrected chi connectivity index (χ4v) is 13.9. The molecule has 0 saturated carbocycles. The number of rotatable bonds is 16. The van der Waals surface area contributed by atoms with Gasteiger partial charge in [0.1, 0.15) is 46.0 Å². The monoisotopic (exact) mass is 1380 g/mol. The van der Waals surface area contributed by atoms with E-state index in [1.165, 1.54) is 24.3 Å². The summed E-state index contributed by atoms with van der Waals surface area (Å²) in [4.78, 5) is 50.8. The zero-order valence-corrected chi connectivity index (χ0v) is 57.1. The van der Waals surface area contributed by atoms with E-state index in [-0.39, 0.29) is 70.9 Å². The van der Waals surface area contributed by atoms with Crippen molar-refractivity contribution < 1.29 is 79.0 Å². The normalized spacial score (nSPS) is 14.6. The molecular formula is C88H72O16. The molecule has 0 unspecified atom stereocenters. The van der Waals surface area contributed by atoms with Crippen molar-refractivity contribution in [2.75, 3.05) is 26.4 Å². The van der Waals surface area contributed by atoms with Gasteiger partial charge in [-0.15, -0.1) is 0 Å². The number of carbonyl (C=O) groups is 4. The quantitative estimate of drug-likeness (QED) is 0.0330. The summed E-state index contributed by atoms with van der Waals surface area (Å²) in [6, 6.07) is 68.0. The van der Waals surface area contributed by atoms with Crippen LogP contribution in [0.4, 0.5) is 0 Å². The van der Waals surface area contributed by atoms with Gasteiger partial charge in [0.05, 0.1) is 48.7 Å². The molecule has 0 atom stereocenters. The molecule has 104 heavy (non-hydrogen) atoms. The molecule has 1 aliphatic carbocycles. The number of fused-ring (bicyclic) bond motifs is 8. The van der Waals surface area contributed by atoms with Crippen molar-refractivity contribution in [2.24, 2.45) is 0 Å². The Labute approximate surface area is 599 Å². The number of esters is 4. The first-order valence-corrected chi connectivity index (χ1v) is 34.1. The van der Waals surface area contributed by atoms with Crippen molar-refractivity contribution in [3.8, 4) is 90.5 Å². The molecule has 8 bridgehead atoms. The molecule has 0 aliphatic heterocycles. The van der Waals surface area contributed by atoms with Crippen LogP contribution in [0, 0.1) is 0 Å². The van der Waals surface area contributed by atoms with Crippen molar-refractivity contribution >= 4 is 23.9 Å². The van der Waals surface area contributed by atoms with Crippen LogP contribution in [-0.4, -0.2) is 91.2 Å². The largest absolute Gasteiger partial charge is 0.507 e. The maximum absolute atomic E-state index is 12.7. The number of hydrogen-bond acceptors (Lipinski definition) is 16. The fourth-order valence-electron chi connectivity index (χ4n) is 13.9. The minimum Gasteiger partial charge on any atom is -0.507 e. The molecule has 0 amide bonds. The fraction of sp³-hybridized carbons (Fsp3) is 0.136. The maximum atomic E-state index is 12.7. The van der Waals surface area contributed by atoms with E-state index in [4.69, 9.17) is 18.9 Å². The average Bonchev–Trinajstić information content (AvgIpc) is 0.776. The number of carbonyl (C=O) groups excluding carboxylic acids is 4. The van der Waals surface area contributed by atoms with E-state index in [1.807, 2.05) is 97.1 Å². The molecule has 0 heterocycles. The van der Waals surface area contributed by atoms with Crippen LogP contribution in [0.25, 0.3) is 44.5 Å². The van der Waals surface area contributed by atoms with Crippen molar-refractivity contribution in [3.05, 3.63) is 332 Å². The minimum absolute atomic E-state index is 0.142. The molecule has 0 radical (unpaired) electrons. The molecule has 1 aliphatic rings. The Kier molecular flexibility index (Phi) is 19.8. The second-order valence-corrected chi connectivity index (χ2v) is 25.3. The summed E-state index contributed by atoms with van der Waals surface area (Å²) in [7, 11) is 0. The average molecular weight is 1390 g/mol. The van der Waals surface area contributed by atoms with Gasteiger partial charge in [-0.2, -0.15) is 0 Å². The Morgan fingerprint density at radius 3 is 0.490 bits per heavy atom. The van der Waals surface area contributed by atoms with Crippen LogP contribution in [0.5, 0.6) is 46.0 Å². The highest BCUT2D eigenvalue weighted by Crippen LogP contribution is 2.54. The van der Waals surface area contributed by atoms with Gasteiger partial charge < -0.3 is 59.8 Å². The van der Waals surface area contributed by atoms with E-state index in [0.717, 1.165) is 44.5 Å². The number of phenolic OH excluding ortho intramolecular Hbond substituents is 8. The Hall–Kier alpha value is -13.1. The molecule has 0 saturated heterocycles. The van der Waals surface area contributed by atoms with E-state index < -0.39 is 93.5 Å². The van der Waals surface area contributed by atoms with Gasteiger partial charge in [-0.05, 0) is 167 Å². The van der Waals surface area contributed by atoms with Crippen molar-refractivity contribution in [3.63, 3.8) is 0 Å². The summed E-state index contributed by atoms with van der Waals surface area (Å²) in [5.41, 5.74) is 10.5. The van der Waals surface area contributed by atoms with Gasteiger partial charge in [-0.3, -0.25) is 0 Å². The Balaban J connectivity index is 1.07. The molecule has 0 aromatic heterocycles. The first-order chi connectivity index (χ1) is 50.3. The van der Waals surface area contributed by atoms with E-state index in [2.05, 4.69) is 0 Å². The predicted octanol–water partition coefficient (Wildman–Crippen LogP) is 17.7. The zero-order valence-electron chi connectivity index (χ0n) is 57.1. The number of hydrogen-bond donors (Lipinski definition) is 8. The highest BCUT2D eigenvalue weighted by Gasteiger charge is 2.36. The highest BCUT2D eigenvalue weighted by atomic mass is 16.5.